The van der Waals surface area contributed by atoms with E-state index < -0.39 is 8.32 Å². The van der Waals surface area contributed by atoms with Crippen LogP contribution in [0.5, 0.6) is 0 Å². The van der Waals surface area contributed by atoms with Crippen LogP contribution in [0.25, 0.3) is 0 Å². The molecule has 0 atom stereocenters. The summed E-state index contributed by atoms with van der Waals surface area (Å²) in [5.41, 5.74) is 0. The summed E-state index contributed by atoms with van der Waals surface area (Å²) >= 11 is 0. The van der Waals surface area contributed by atoms with Crippen molar-refractivity contribution in [3.8, 4) is 0 Å². The average molecular weight is 437 g/mol. The van der Waals surface area contributed by atoms with Gasteiger partial charge in [0.05, 0.1) is 59.5 Å². The number of ether oxygens (including phenoxy) is 5. The summed E-state index contributed by atoms with van der Waals surface area (Å²) in [5.74, 6) is -0.133. The van der Waals surface area contributed by atoms with Crippen LogP contribution in [-0.2, 0) is 32.9 Å². The zero-order chi connectivity index (χ0) is 21.6. The van der Waals surface area contributed by atoms with Gasteiger partial charge in [-0.2, -0.15) is 0 Å². The van der Waals surface area contributed by atoms with Crippen molar-refractivity contribution in [2.75, 3.05) is 66.1 Å². The molecule has 0 bridgehead atoms. The van der Waals surface area contributed by atoms with Crippen LogP contribution < -0.4 is 0 Å². The lowest BCUT2D eigenvalue weighted by molar-refractivity contribution is -0.145. The van der Waals surface area contributed by atoms with Gasteiger partial charge in [0.15, 0.2) is 8.32 Å². The maximum absolute atomic E-state index is 11.5. The summed E-state index contributed by atoms with van der Waals surface area (Å²) in [6.07, 6.45) is 6.16. The summed E-state index contributed by atoms with van der Waals surface area (Å²) in [6, 6.07) is 0. The highest BCUT2D eigenvalue weighted by Gasteiger charge is 2.13. The lowest BCUT2D eigenvalue weighted by Crippen LogP contribution is -2.27. The number of unbranched alkanes of at least 4 members (excludes halogenated alkanes) is 4. The van der Waals surface area contributed by atoms with E-state index in [9.17, 15) is 4.79 Å². The average Bonchev–Trinajstić information content (AvgIpc) is 2.66. The van der Waals surface area contributed by atoms with E-state index in [-0.39, 0.29) is 5.97 Å². The minimum atomic E-state index is -1.44. The molecule has 0 aromatic rings. The Labute approximate surface area is 178 Å². The van der Waals surface area contributed by atoms with E-state index in [1.807, 2.05) is 0 Å². The van der Waals surface area contributed by atoms with Gasteiger partial charge in [-0.15, -0.1) is 0 Å². The Balaban J connectivity index is 3.14. The Hall–Kier alpha value is -0.513. The maximum atomic E-state index is 11.5. The minimum Gasteiger partial charge on any atom is -0.463 e. The summed E-state index contributed by atoms with van der Waals surface area (Å²) in [7, 11) is -1.44. The smallest absolute Gasteiger partial charge is 0.305 e. The van der Waals surface area contributed by atoms with Gasteiger partial charge >= 0.3 is 5.97 Å². The largest absolute Gasteiger partial charge is 0.463 e. The fraction of sp³-hybridized carbons (Fsp3) is 0.952. The number of carbonyl (C=O) groups excluding carboxylic acids is 1. The Morgan fingerprint density at radius 2 is 1.07 bits per heavy atom. The molecule has 0 aromatic heterocycles. The fourth-order valence-corrected chi connectivity index (χ4v) is 3.02. The van der Waals surface area contributed by atoms with Crippen LogP contribution in [0.4, 0.5) is 0 Å². The normalized spacial score (nSPS) is 11.7. The summed E-state index contributed by atoms with van der Waals surface area (Å²) in [6.45, 7) is 13.8. The van der Waals surface area contributed by atoms with Crippen LogP contribution >= 0.6 is 0 Å². The van der Waals surface area contributed by atoms with E-state index in [0.717, 1.165) is 12.8 Å². The topological polar surface area (TPSA) is 72.5 Å². The molecule has 0 aromatic carbocycles. The second kappa shape index (κ2) is 20.7. The van der Waals surface area contributed by atoms with Gasteiger partial charge in [0, 0.05) is 6.42 Å². The van der Waals surface area contributed by atoms with Gasteiger partial charge in [-0.25, -0.2) is 0 Å². The number of hydrogen-bond donors (Lipinski definition) is 0. The minimum absolute atomic E-state index is 0.133. The monoisotopic (exact) mass is 436 g/mol. The van der Waals surface area contributed by atoms with Crippen molar-refractivity contribution in [2.45, 2.75) is 65.1 Å². The van der Waals surface area contributed by atoms with Gasteiger partial charge in [0.1, 0.15) is 6.61 Å². The maximum Gasteiger partial charge on any atom is 0.305 e. The van der Waals surface area contributed by atoms with Crippen LogP contribution in [0.15, 0.2) is 0 Å². The molecular formula is C21H44O7Si. The molecule has 7 nitrogen and oxygen atoms in total. The highest BCUT2D eigenvalue weighted by atomic mass is 28.4. The molecule has 0 aliphatic rings. The van der Waals surface area contributed by atoms with Gasteiger partial charge in [0.2, 0.25) is 0 Å². The van der Waals surface area contributed by atoms with Crippen LogP contribution in [0.2, 0.25) is 19.6 Å². The Kier molecular flexibility index (Phi) is 20.4. The summed E-state index contributed by atoms with van der Waals surface area (Å²) in [4.78, 5) is 11.5. The summed E-state index contributed by atoms with van der Waals surface area (Å²) in [5, 5.41) is 0. The third-order valence-corrected chi connectivity index (χ3v) is 4.92. The lowest BCUT2D eigenvalue weighted by atomic mass is 10.1. The van der Waals surface area contributed by atoms with E-state index >= 15 is 0 Å². The number of carbonyl (C=O) groups is 1. The van der Waals surface area contributed by atoms with E-state index in [2.05, 4.69) is 26.6 Å². The van der Waals surface area contributed by atoms with E-state index in [1.165, 1.54) is 19.3 Å². The van der Waals surface area contributed by atoms with Crippen LogP contribution in [-0.4, -0.2) is 80.4 Å². The van der Waals surface area contributed by atoms with Crippen molar-refractivity contribution in [2.24, 2.45) is 0 Å². The van der Waals surface area contributed by atoms with Crippen LogP contribution in [0.3, 0.4) is 0 Å². The molecule has 174 valence electrons. The predicted octanol–water partition coefficient (Wildman–Crippen LogP) is 3.81. The molecule has 0 rings (SSSR count). The molecule has 0 aliphatic carbocycles. The molecule has 0 heterocycles. The molecule has 0 saturated heterocycles. The van der Waals surface area contributed by atoms with Gasteiger partial charge in [-0.3, -0.25) is 4.79 Å². The molecule has 0 saturated carbocycles. The van der Waals surface area contributed by atoms with Gasteiger partial charge in [-0.05, 0) is 26.1 Å². The second-order valence-corrected chi connectivity index (χ2v) is 12.3. The molecule has 29 heavy (non-hydrogen) atoms. The van der Waals surface area contributed by atoms with Gasteiger partial charge < -0.3 is 28.1 Å². The van der Waals surface area contributed by atoms with E-state index in [0.29, 0.717) is 72.5 Å². The fourth-order valence-electron chi connectivity index (χ4n) is 2.33. The molecule has 0 radical (unpaired) electrons. The molecular weight excluding hydrogens is 392 g/mol. The molecule has 0 aliphatic heterocycles. The first-order chi connectivity index (χ1) is 14.0. The highest BCUT2D eigenvalue weighted by Crippen LogP contribution is 2.05. The second-order valence-electron chi connectivity index (χ2n) is 7.80. The zero-order valence-electron chi connectivity index (χ0n) is 19.2. The number of hydrogen-bond acceptors (Lipinski definition) is 7. The quantitative estimate of drug-likeness (QED) is 0.145. The van der Waals surface area contributed by atoms with Crippen LogP contribution in [0.1, 0.15) is 45.4 Å². The van der Waals surface area contributed by atoms with E-state index in [1.54, 1.807) is 0 Å². The number of esters is 1. The van der Waals surface area contributed by atoms with Crippen molar-refractivity contribution in [3.63, 3.8) is 0 Å². The number of rotatable bonds is 22. The summed E-state index contributed by atoms with van der Waals surface area (Å²) < 4.78 is 32.5. The molecule has 0 amide bonds. The first-order valence-corrected chi connectivity index (χ1v) is 14.5. The Morgan fingerprint density at radius 1 is 0.621 bits per heavy atom. The Morgan fingerprint density at radius 3 is 1.55 bits per heavy atom. The van der Waals surface area contributed by atoms with Gasteiger partial charge in [-0.1, -0.05) is 32.6 Å². The predicted molar refractivity (Wildman–Crippen MR) is 117 cm³/mol. The van der Waals surface area contributed by atoms with Crippen LogP contribution in [0, 0.1) is 0 Å². The third-order valence-electron chi connectivity index (χ3n) is 3.85. The molecule has 8 heteroatoms. The van der Waals surface area contributed by atoms with Crippen molar-refractivity contribution in [1.82, 2.24) is 0 Å². The standard InChI is InChI=1S/C21H44O7Si/c1-5-6-7-8-9-10-21(22)27-19-17-25-15-13-23-11-12-24-14-16-26-18-20-28-29(2,3)4/h5-20H2,1-4H3. The molecule has 0 N–H and O–H groups in total. The highest BCUT2D eigenvalue weighted by molar-refractivity contribution is 6.69. The molecule has 0 fully saturated rings. The first-order valence-electron chi connectivity index (χ1n) is 11.1. The molecule has 0 unspecified atom stereocenters. The van der Waals surface area contributed by atoms with Crippen molar-refractivity contribution >= 4 is 14.3 Å². The van der Waals surface area contributed by atoms with Crippen molar-refractivity contribution in [3.05, 3.63) is 0 Å². The molecule has 0 spiro atoms. The lowest BCUT2D eigenvalue weighted by Gasteiger charge is -2.16. The third kappa shape index (κ3) is 25.5. The van der Waals surface area contributed by atoms with E-state index in [4.69, 9.17) is 28.1 Å². The van der Waals surface area contributed by atoms with Crippen molar-refractivity contribution < 1.29 is 32.9 Å². The Bertz CT molecular complexity index is 361. The van der Waals surface area contributed by atoms with Gasteiger partial charge in [0.25, 0.3) is 0 Å². The zero-order valence-corrected chi connectivity index (χ0v) is 20.2. The first kappa shape index (κ1) is 28.5. The SMILES string of the molecule is CCCCCCCC(=O)OCCOCCOCCOCCOCCO[Si](C)(C)C. The van der Waals surface area contributed by atoms with Crippen molar-refractivity contribution in [1.29, 1.82) is 0 Å².